The molecule has 1 aromatic carbocycles. The number of nitrogens with zero attached hydrogens (tertiary/aromatic N) is 1. The Balaban J connectivity index is 2.95. The lowest BCUT2D eigenvalue weighted by molar-refractivity contribution is -0.384. The number of nitro benzene ring substituents is 1. The highest BCUT2D eigenvalue weighted by Gasteiger charge is 2.21. The quantitative estimate of drug-likeness (QED) is 0.280. The minimum Gasteiger partial charge on any atom is -0.463 e. The number of halogens is 1. The Morgan fingerprint density at radius 1 is 1.53 bits per heavy atom. The molecule has 0 saturated carbocycles. The minimum atomic E-state index is -1.17. The molecular weight excluding hydrogens is 365 g/mol. The summed E-state index contributed by atoms with van der Waals surface area (Å²) in [6.45, 7) is 1.88. The smallest absolute Gasteiger partial charge is 0.337 e. The van der Waals surface area contributed by atoms with E-state index in [0.717, 1.165) is 0 Å². The van der Waals surface area contributed by atoms with Crippen molar-refractivity contribution in [3.05, 3.63) is 49.6 Å². The van der Waals surface area contributed by atoms with Crippen molar-refractivity contribution in [2.75, 3.05) is 6.61 Å². The number of nitro groups is 1. The highest BCUT2D eigenvalue weighted by atomic mass is 127. The van der Waals surface area contributed by atoms with E-state index < -0.39 is 17.0 Å². The van der Waals surface area contributed by atoms with Crippen molar-refractivity contribution in [2.45, 2.75) is 13.0 Å². The van der Waals surface area contributed by atoms with Gasteiger partial charge in [0, 0.05) is 12.1 Å². The van der Waals surface area contributed by atoms with Gasteiger partial charge < -0.3 is 9.84 Å². The lowest BCUT2D eigenvalue weighted by Crippen LogP contribution is -2.14. The SMILES string of the molecule is CCOC(=O)/C(=C\I)[C@H](O)c1ccc([N+](=O)[O-])cc1. The number of carbonyl (C=O) groups is 1. The van der Waals surface area contributed by atoms with Crippen LogP contribution in [0.15, 0.2) is 33.9 Å². The van der Waals surface area contributed by atoms with E-state index in [9.17, 15) is 20.0 Å². The van der Waals surface area contributed by atoms with E-state index in [2.05, 4.69) is 0 Å². The second kappa shape index (κ2) is 7.19. The maximum absolute atomic E-state index is 11.6. The topological polar surface area (TPSA) is 89.7 Å². The largest absolute Gasteiger partial charge is 0.463 e. The van der Waals surface area contributed by atoms with Crippen LogP contribution in [0, 0.1) is 10.1 Å². The Kier molecular flexibility index (Phi) is 5.90. The number of hydrogen-bond donors (Lipinski definition) is 1. The molecule has 0 amide bonds. The summed E-state index contributed by atoms with van der Waals surface area (Å²) in [5, 5.41) is 20.6. The second-order valence-electron chi connectivity index (χ2n) is 3.54. The summed E-state index contributed by atoms with van der Waals surface area (Å²) in [7, 11) is 0. The lowest BCUT2D eigenvalue weighted by Gasteiger charge is -2.13. The van der Waals surface area contributed by atoms with Crippen molar-refractivity contribution in [3.8, 4) is 0 Å². The van der Waals surface area contributed by atoms with Crippen LogP contribution in [-0.4, -0.2) is 22.6 Å². The van der Waals surface area contributed by atoms with Gasteiger partial charge in [-0.15, -0.1) is 0 Å². The highest BCUT2D eigenvalue weighted by Crippen LogP contribution is 2.25. The van der Waals surface area contributed by atoms with Gasteiger partial charge in [-0.25, -0.2) is 4.79 Å². The zero-order chi connectivity index (χ0) is 14.4. The zero-order valence-electron chi connectivity index (χ0n) is 10.1. The number of non-ortho nitro benzene ring substituents is 1. The normalized spacial score (nSPS) is 12.9. The first kappa shape index (κ1) is 15.6. The number of aliphatic hydroxyl groups is 1. The first-order chi connectivity index (χ1) is 9.01. The molecule has 0 heterocycles. The van der Waals surface area contributed by atoms with E-state index in [0.29, 0.717) is 5.56 Å². The van der Waals surface area contributed by atoms with E-state index in [4.69, 9.17) is 4.74 Å². The molecule has 0 bridgehead atoms. The maximum Gasteiger partial charge on any atom is 0.337 e. The van der Waals surface area contributed by atoms with Crippen LogP contribution >= 0.6 is 22.6 Å². The van der Waals surface area contributed by atoms with Gasteiger partial charge in [-0.1, -0.05) is 22.6 Å². The third-order valence-electron chi connectivity index (χ3n) is 2.34. The first-order valence-corrected chi connectivity index (χ1v) is 6.65. The summed E-state index contributed by atoms with van der Waals surface area (Å²) in [5.41, 5.74) is 0.407. The van der Waals surface area contributed by atoms with Gasteiger partial charge >= 0.3 is 5.97 Å². The molecule has 0 spiro atoms. The van der Waals surface area contributed by atoms with E-state index in [1.165, 1.54) is 28.3 Å². The monoisotopic (exact) mass is 377 g/mol. The lowest BCUT2D eigenvalue weighted by atomic mass is 10.0. The predicted molar refractivity (Wildman–Crippen MR) is 76.8 cm³/mol. The molecule has 1 rings (SSSR count). The molecule has 0 aromatic heterocycles. The van der Waals surface area contributed by atoms with Crippen molar-refractivity contribution in [1.29, 1.82) is 0 Å². The molecule has 0 saturated heterocycles. The second-order valence-corrected chi connectivity index (χ2v) is 4.16. The molecule has 0 aliphatic heterocycles. The molecule has 0 aliphatic carbocycles. The van der Waals surface area contributed by atoms with Crippen LogP contribution in [0.1, 0.15) is 18.6 Å². The van der Waals surface area contributed by atoms with E-state index in [1.54, 1.807) is 6.92 Å². The number of aliphatic hydroxyl groups excluding tert-OH is 1. The van der Waals surface area contributed by atoms with Crippen molar-refractivity contribution < 1.29 is 19.6 Å². The van der Waals surface area contributed by atoms with E-state index in [-0.39, 0.29) is 17.9 Å². The van der Waals surface area contributed by atoms with Crippen LogP contribution in [-0.2, 0) is 9.53 Å². The van der Waals surface area contributed by atoms with Crippen molar-refractivity contribution in [2.24, 2.45) is 0 Å². The molecule has 1 atom stereocenters. The summed E-state index contributed by atoms with van der Waals surface area (Å²) in [6.07, 6.45) is -1.17. The van der Waals surface area contributed by atoms with Gasteiger partial charge in [0.05, 0.1) is 17.1 Å². The highest BCUT2D eigenvalue weighted by molar-refractivity contribution is 14.1. The van der Waals surface area contributed by atoms with Gasteiger partial charge in [-0.05, 0) is 28.7 Å². The minimum absolute atomic E-state index is 0.0768. The Bertz CT molecular complexity index is 497. The molecule has 102 valence electrons. The van der Waals surface area contributed by atoms with Gasteiger partial charge in [-0.3, -0.25) is 10.1 Å². The summed E-state index contributed by atoms with van der Waals surface area (Å²) in [5.74, 6) is -0.609. The Hall–Kier alpha value is -1.48. The summed E-state index contributed by atoms with van der Waals surface area (Å²) >= 11 is 1.83. The predicted octanol–water partition coefficient (Wildman–Crippen LogP) is 2.51. The molecule has 0 aliphatic rings. The van der Waals surface area contributed by atoms with Gasteiger partial charge in [0.1, 0.15) is 6.10 Å². The molecule has 0 fully saturated rings. The number of hydrogen-bond acceptors (Lipinski definition) is 5. The zero-order valence-corrected chi connectivity index (χ0v) is 12.2. The standard InChI is InChI=1S/C12H12INO5/c1-2-19-12(16)10(7-13)11(15)8-3-5-9(6-4-8)14(17)18/h3-7,11,15H,2H2,1H3/b10-7-/t11-/m1/s1. The number of rotatable bonds is 5. The summed E-state index contributed by atoms with van der Waals surface area (Å²) < 4.78 is 6.25. The van der Waals surface area contributed by atoms with Crippen molar-refractivity contribution >= 4 is 34.2 Å². The van der Waals surface area contributed by atoms with Crippen LogP contribution in [0.3, 0.4) is 0 Å². The van der Waals surface area contributed by atoms with Crippen LogP contribution in [0.5, 0.6) is 0 Å². The van der Waals surface area contributed by atoms with Gasteiger partial charge in [0.2, 0.25) is 0 Å². The fourth-order valence-electron chi connectivity index (χ4n) is 1.39. The van der Waals surface area contributed by atoms with E-state index >= 15 is 0 Å². The number of ether oxygens (including phenoxy) is 1. The van der Waals surface area contributed by atoms with E-state index in [1.807, 2.05) is 22.6 Å². The molecule has 0 radical (unpaired) electrons. The number of esters is 1. The van der Waals surface area contributed by atoms with Crippen LogP contribution in [0.25, 0.3) is 0 Å². The van der Waals surface area contributed by atoms with Crippen molar-refractivity contribution in [3.63, 3.8) is 0 Å². The first-order valence-electron chi connectivity index (χ1n) is 5.41. The molecule has 19 heavy (non-hydrogen) atoms. The van der Waals surface area contributed by atoms with Crippen LogP contribution < -0.4 is 0 Å². The van der Waals surface area contributed by atoms with Gasteiger partial charge in [0.15, 0.2) is 0 Å². The summed E-state index contributed by atoms with van der Waals surface area (Å²) in [4.78, 5) is 21.6. The summed E-state index contributed by atoms with van der Waals surface area (Å²) in [6, 6.07) is 5.35. The molecule has 1 N–H and O–H groups in total. The van der Waals surface area contributed by atoms with Crippen molar-refractivity contribution in [1.82, 2.24) is 0 Å². The molecular formula is C12H12INO5. The number of carbonyl (C=O) groups excluding carboxylic acids is 1. The van der Waals surface area contributed by atoms with Gasteiger partial charge in [0.25, 0.3) is 5.69 Å². The Morgan fingerprint density at radius 2 is 2.11 bits per heavy atom. The molecule has 0 unspecified atom stereocenters. The fourth-order valence-corrected chi connectivity index (χ4v) is 1.98. The molecule has 6 nitrogen and oxygen atoms in total. The average Bonchev–Trinajstić information content (AvgIpc) is 2.39. The third-order valence-corrected chi connectivity index (χ3v) is 3.01. The average molecular weight is 377 g/mol. The molecule has 7 heteroatoms. The Labute approximate surface area is 123 Å². The number of benzene rings is 1. The Morgan fingerprint density at radius 3 is 2.53 bits per heavy atom. The fraction of sp³-hybridized carbons (Fsp3) is 0.250. The maximum atomic E-state index is 11.6. The van der Waals surface area contributed by atoms with Gasteiger partial charge in [-0.2, -0.15) is 0 Å². The van der Waals surface area contributed by atoms with Crippen LogP contribution in [0.2, 0.25) is 0 Å². The van der Waals surface area contributed by atoms with Crippen LogP contribution in [0.4, 0.5) is 5.69 Å². The molecule has 1 aromatic rings. The third kappa shape index (κ3) is 4.00.